The van der Waals surface area contributed by atoms with Crippen molar-refractivity contribution in [1.29, 1.82) is 0 Å². The molecule has 2 aliphatic heterocycles. The molecule has 1 aromatic heterocycles. The first-order chi connectivity index (χ1) is 13.2. The van der Waals surface area contributed by atoms with Gasteiger partial charge < -0.3 is 19.3 Å². The Kier molecular flexibility index (Phi) is 5.16. The molecular formula is C20H29N3O4S. The first-order valence-corrected chi connectivity index (χ1v) is 11.7. The van der Waals surface area contributed by atoms with Crippen molar-refractivity contribution in [2.75, 3.05) is 39.0 Å². The summed E-state index contributed by atoms with van der Waals surface area (Å²) in [5.41, 5.74) is 0.209. The SMILES string of the molecule is Cn1ccc2c(OC3CCN(CC4(O)CCN(S(C)(=O)=O)C4)CC3)cccc21. The molecule has 2 fully saturated rings. The van der Waals surface area contributed by atoms with Gasteiger partial charge in [-0.15, -0.1) is 0 Å². The van der Waals surface area contributed by atoms with Crippen LogP contribution in [0.4, 0.5) is 0 Å². The number of aromatic nitrogens is 1. The summed E-state index contributed by atoms with van der Waals surface area (Å²) in [5.74, 6) is 0.926. The largest absolute Gasteiger partial charge is 0.490 e. The van der Waals surface area contributed by atoms with E-state index in [1.807, 2.05) is 25.4 Å². The average molecular weight is 408 g/mol. The van der Waals surface area contributed by atoms with Crippen LogP contribution in [0.2, 0.25) is 0 Å². The fourth-order valence-corrected chi connectivity index (χ4v) is 5.29. The normalized spacial score (nSPS) is 25.5. The summed E-state index contributed by atoms with van der Waals surface area (Å²) < 4.78 is 33.2. The van der Waals surface area contributed by atoms with Crippen molar-refractivity contribution in [3.05, 3.63) is 30.5 Å². The highest BCUT2D eigenvalue weighted by atomic mass is 32.2. The second kappa shape index (κ2) is 7.33. The molecule has 0 radical (unpaired) electrons. The molecule has 0 aliphatic carbocycles. The van der Waals surface area contributed by atoms with E-state index in [2.05, 4.69) is 21.6 Å². The topological polar surface area (TPSA) is 75.0 Å². The molecule has 0 amide bonds. The first kappa shape index (κ1) is 19.7. The van der Waals surface area contributed by atoms with E-state index in [0.29, 0.717) is 19.5 Å². The molecular weight excluding hydrogens is 378 g/mol. The zero-order chi connectivity index (χ0) is 19.9. The average Bonchev–Trinajstić information content (AvgIpc) is 3.21. The Bertz CT molecular complexity index is 950. The minimum Gasteiger partial charge on any atom is -0.490 e. The summed E-state index contributed by atoms with van der Waals surface area (Å²) in [5, 5.41) is 12.0. The van der Waals surface area contributed by atoms with Crippen molar-refractivity contribution in [1.82, 2.24) is 13.8 Å². The summed E-state index contributed by atoms with van der Waals surface area (Å²) in [6.07, 6.45) is 5.70. The molecule has 2 aromatic rings. The second-order valence-electron chi connectivity index (χ2n) is 8.28. The molecule has 0 spiro atoms. The summed E-state index contributed by atoms with van der Waals surface area (Å²) in [6, 6.07) is 8.22. The van der Waals surface area contributed by atoms with Crippen LogP contribution in [0, 0.1) is 0 Å². The number of likely N-dealkylation sites (tertiary alicyclic amines) is 1. The van der Waals surface area contributed by atoms with E-state index < -0.39 is 15.6 Å². The van der Waals surface area contributed by atoms with E-state index in [1.54, 1.807) is 0 Å². The molecule has 3 heterocycles. The Balaban J connectivity index is 1.32. The summed E-state index contributed by atoms with van der Waals surface area (Å²) in [7, 11) is -1.21. The second-order valence-corrected chi connectivity index (χ2v) is 10.3. The van der Waals surface area contributed by atoms with Crippen LogP contribution in [0.5, 0.6) is 5.75 Å². The van der Waals surface area contributed by atoms with E-state index in [0.717, 1.165) is 42.6 Å². The zero-order valence-electron chi connectivity index (χ0n) is 16.5. The molecule has 8 heteroatoms. The van der Waals surface area contributed by atoms with Crippen LogP contribution in [0.25, 0.3) is 10.9 Å². The maximum absolute atomic E-state index is 11.7. The van der Waals surface area contributed by atoms with Crippen molar-refractivity contribution in [3.63, 3.8) is 0 Å². The van der Waals surface area contributed by atoms with Gasteiger partial charge in [0.1, 0.15) is 11.9 Å². The first-order valence-electron chi connectivity index (χ1n) is 9.84. The lowest BCUT2D eigenvalue weighted by molar-refractivity contribution is -0.000735. The predicted molar refractivity (Wildman–Crippen MR) is 109 cm³/mol. The minimum atomic E-state index is -3.24. The molecule has 0 bridgehead atoms. The lowest BCUT2D eigenvalue weighted by Gasteiger charge is -2.36. The molecule has 1 unspecified atom stereocenters. The zero-order valence-corrected chi connectivity index (χ0v) is 17.4. The van der Waals surface area contributed by atoms with Gasteiger partial charge >= 0.3 is 0 Å². The number of hydrogen-bond acceptors (Lipinski definition) is 5. The number of aryl methyl sites for hydroxylation is 1. The number of piperidine rings is 1. The van der Waals surface area contributed by atoms with Gasteiger partial charge in [-0.25, -0.2) is 8.42 Å². The number of fused-ring (bicyclic) bond motifs is 1. The van der Waals surface area contributed by atoms with Gasteiger partial charge in [0.2, 0.25) is 10.0 Å². The lowest BCUT2D eigenvalue weighted by atomic mass is 10.00. The summed E-state index contributed by atoms with van der Waals surface area (Å²) in [6.45, 7) is 2.79. The highest BCUT2D eigenvalue weighted by Gasteiger charge is 2.41. The highest BCUT2D eigenvalue weighted by Crippen LogP contribution is 2.30. The van der Waals surface area contributed by atoms with Gasteiger partial charge in [-0.2, -0.15) is 4.31 Å². The molecule has 1 aromatic carbocycles. The third-order valence-electron chi connectivity index (χ3n) is 6.00. The minimum absolute atomic E-state index is 0.160. The van der Waals surface area contributed by atoms with Crippen molar-refractivity contribution < 1.29 is 18.3 Å². The van der Waals surface area contributed by atoms with Gasteiger partial charge in [-0.1, -0.05) is 6.07 Å². The van der Waals surface area contributed by atoms with E-state index >= 15 is 0 Å². The number of hydrogen-bond donors (Lipinski definition) is 1. The molecule has 1 N–H and O–H groups in total. The molecule has 7 nitrogen and oxygen atoms in total. The Hall–Kier alpha value is -1.61. The fourth-order valence-electron chi connectivity index (χ4n) is 4.39. The Morgan fingerprint density at radius 2 is 1.96 bits per heavy atom. The predicted octanol–water partition coefficient (Wildman–Crippen LogP) is 1.42. The van der Waals surface area contributed by atoms with Crippen molar-refractivity contribution in [2.45, 2.75) is 31.0 Å². The van der Waals surface area contributed by atoms with Crippen LogP contribution in [0.3, 0.4) is 0 Å². The van der Waals surface area contributed by atoms with Crippen LogP contribution < -0.4 is 4.74 Å². The number of ether oxygens (including phenoxy) is 1. The Labute approximate surface area is 166 Å². The number of sulfonamides is 1. The molecule has 2 aliphatic rings. The maximum atomic E-state index is 11.7. The third kappa shape index (κ3) is 4.05. The van der Waals surface area contributed by atoms with Crippen LogP contribution in [0.15, 0.2) is 30.5 Å². The quantitative estimate of drug-likeness (QED) is 0.811. The van der Waals surface area contributed by atoms with Gasteiger partial charge in [0.15, 0.2) is 0 Å². The van der Waals surface area contributed by atoms with Crippen molar-refractivity contribution in [3.8, 4) is 5.75 Å². The third-order valence-corrected chi connectivity index (χ3v) is 7.25. The van der Waals surface area contributed by atoms with E-state index in [-0.39, 0.29) is 12.6 Å². The fraction of sp³-hybridized carbons (Fsp3) is 0.600. The van der Waals surface area contributed by atoms with Gasteiger partial charge in [0.05, 0.1) is 17.4 Å². The van der Waals surface area contributed by atoms with Crippen LogP contribution in [0.1, 0.15) is 19.3 Å². The van der Waals surface area contributed by atoms with Crippen LogP contribution >= 0.6 is 0 Å². The number of rotatable bonds is 5. The van der Waals surface area contributed by atoms with E-state index in [9.17, 15) is 13.5 Å². The van der Waals surface area contributed by atoms with E-state index in [4.69, 9.17) is 4.74 Å². The molecule has 1 atom stereocenters. The Morgan fingerprint density at radius 3 is 2.64 bits per heavy atom. The number of nitrogens with zero attached hydrogens (tertiary/aromatic N) is 3. The molecule has 4 rings (SSSR count). The summed E-state index contributed by atoms with van der Waals surface area (Å²) in [4.78, 5) is 2.23. The highest BCUT2D eigenvalue weighted by molar-refractivity contribution is 7.88. The van der Waals surface area contributed by atoms with Gasteiger partial charge in [-0.05, 0) is 37.5 Å². The number of β-amino-alcohol motifs (C(OH)–C–C–N with tert-alkyl or cyclic N) is 1. The number of benzene rings is 1. The van der Waals surface area contributed by atoms with E-state index in [1.165, 1.54) is 10.6 Å². The van der Waals surface area contributed by atoms with Crippen molar-refractivity contribution in [2.24, 2.45) is 7.05 Å². The smallest absolute Gasteiger partial charge is 0.211 e. The standard InChI is InChI=1S/C20H29N3O4S/c1-21-10-8-17-18(21)4-3-5-19(17)27-16-6-11-22(12-7-16)14-20(24)9-13-23(15-20)28(2,25)26/h3-5,8,10,16,24H,6-7,9,11-15H2,1-2H3. The van der Waals surface area contributed by atoms with Gasteiger partial charge in [0, 0.05) is 51.4 Å². The molecule has 28 heavy (non-hydrogen) atoms. The number of aliphatic hydroxyl groups is 1. The molecule has 154 valence electrons. The summed E-state index contributed by atoms with van der Waals surface area (Å²) >= 11 is 0. The van der Waals surface area contributed by atoms with Crippen LogP contribution in [-0.4, -0.2) is 78.0 Å². The van der Waals surface area contributed by atoms with Gasteiger partial charge in [0.25, 0.3) is 0 Å². The maximum Gasteiger partial charge on any atom is 0.211 e. The molecule has 2 saturated heterocycles. The Morgan fingerprint density at radius 1 is 1.21 bits per heavy atom. The van der Waals surface area contributed by atoms with Gasteiger partial charge in [-0.3, -0.25) is 0 Å². The monoisotopic (exact) mass is 407 g/mol. The van der Waals surface area contributed by atoms with Crippen molar-refractivity contribution >= 4 is 20.9 Å². The van der Waals surface area contributed by atoms with Crippen LogP contribution in [-0.2, 0) is 17.1 Å². The molecule has 0 saturated carbocycles. The lowest BCUT2D eigenvalue weighted by Crippen LogP contribution is -2.49.